The lowest BCUT2D eigenvalue weighted by molar-refractivity contribution is 0.303. The Morgan fingerprint density at radius 2 is 2.05 bits per heavy atom. The Morgan fingerprint density at radius 3 is 2.75 bits per heavy atom. The molecule has 2 aromatic rings. The van der Waals surface area contributed by atoms with Crippen molar-refractivity contribution < 1.29 is 9.94 Å². The summed E-state index contributed by atoms with van der Waals surface area (Å²) in [6.07, 6.45) is 0. The largest absolute Gasteiger partial charge is 0.488 e. The zero-order chi connectivity index (χ0) is 14.5. The van der Waals surface area contributed by atoms with Crippen LogP contribution in [-0.4, -0.2) is 10.9 Å². The van der Waals surface area contributed by atoms with Crippen molar-refractivity contribution in [2.24, 2.45) is 5.16 Å². The number of hydrogen-bond donors (Lipinski definition) is 1. The number of benzene rings is 2. The smallest absolute Gasteiger partial charge is 0.128 e. The Kier molecular flexibility index (Phi) is 5.04. The van der Waals surface area contributed by atoms with Crippen LogP contribution in [0.15, 0.2) is 52.1 Å². The first-order valence-corrected chi connectivity index (χ1v) is 7.13. The first kappa shape index (κ1) is 14.9. The van der Waals surface area contributed by atoms with Crippen LogP contribution in [-0.2, 0) is 6.61 Å². The van der Waals surface area contributed by atoms with Gasteiger partial charge in [-0.3, -0.25) is 0 Å². The van der Waals surface area contributed by atoms with Gasteiger partial charge in [-0.15, -0.1) is 0 Å². The van der Waals surface area contributed by atoms with Gasteiger partial charge in [-0.25, -0.2) is 0 Å². The van der Waals surface area contributed by atoms with Gasteiger partial charge in [-0.05, 0) is 31.2 Å². The standard InChI is InChI=1S/C15H13BrClNO2/c1-10(18-19)13-4-2-3-5-15(13)20-9-11-6-7-12(16)8-14(11)17/h2-8,19H,9H2,1H3/b18-10-. The molecule has 0 bridgehead atoms. The molecule has 0 saturated heterocycles. The highest BCUT2D eigenvalue weighted by molar-refractivity contribution is 9.10. The number of ether oxygens (including phenoxy) is 1. The monoisotopic (exact) mass is 353 g/mol. The lowest BCUT2D eigenvalue weighted by Crippen LogP contribution is -2.02. The molecule has 0 radical (unpaired) electrons. The fourth-order valence-corrected chi connectivity index (χ4v) is 2.47. The minimum atomic E-state index is 0.349. The van der Waals surface area contributed by atoms with Gasteiger partial charge in [0.1, 0.15) is 12.4 Å². The molecule has 0 unspecified atom stereocenters. The Hall–Kier alpha value is -1.52. The van der Waals surface area contributed by atoms with Crippen molar-refractivity contribution in [2.45, 2.75) is 13.5 Å². The molecule has 5 heteroatoms. The van der Waals surface area contributed by atoms with Crippen LogP contribution in [0.1, 0.15) is 18.1 Å². The minimum Gasteiger partial charge on any atom is -0.488 e. The van der Waals surface area contributed by atoms with Gasteiger partial charge < -0.3 is 9.94 Å². The zero-order valence-electron chi connectivity index (χ0n) is 10.8. The van der Waals surface area contributed by atoms with Crippen LogP contribution >= 0.6 is 27.5 Å². The van der Waals surface area contributed by atoms with Gasteiger partial charge in [0.2, 0.25) is 0 Å². The highest BCUT2D eigenvalue weighted by atomic mass is 79.9. The predicted octanol–water partition coefficient (Wildman–Crippen LogP) is 4.88. The third kappa shape index (κ3) is 3.52. The number of nitrogens with zero attached hydrogens (tertiary/aromatic N) is 1. The Labute approximate surface area is 131 Å². The number of hydrogen-bond acceptors (Lipinski definition) is 3. The van der Waals surface area contributed by atoms with E-state index in [-0.39, 0.29) is 0 Å². The molecule has 0 saturated carbocycles. The number of halogens is 2. The van der Waals surface area contributed by atoms with Crippen LogP contribution in [0.3, 0.4) is 0 Å². The van der Waals surface area contributed by atoms with E-state index in [2.05, 4.69) is 21.1 Å². The fraction of sp³-hybridized carbons (Fsp3) is 0.133. The zero-order valence-corrected chi connectivity index (χ0v) is 13.1. The molecule has 2 aromatic carbocycles. The highest BCUT2D eigenvalue weighted by Crippen LogP contribution is 2.24. The highest BCUT2D eigenvalue weighted by Gasteiger charge is 2.08. The van der Waals surface area contributed by atoms with E-state index in [0.29, 0.717) is 23.1 Å². The first-order chi connectivity index (χ1) is 9.61. The summed E-state index contributed by atoms with van der Waals surface area (Å²) in [4.78, 5) is 0. The summed E-state index contributed by atoms with van der Waals surface area (Å²) >= 11 is 9.52. The lowest BCUT2D eigenvalue weighted by Gasteiger charge is -2.11. The van der Waals surface area contributed by atoms with Crippen LogP contribution in [0, 0.1) is 0 Å². The molecule has 1 N–H and O–H groups in total. The molecule has 0 aliphatic heterocycles. The Bertz CT molecular complexity index is 644. The van der Waals surface area contributed by atoms with Crippen molar-refractivity contribution in [3.63, 3.8) is 0 Å². The summed E-state index contributed by atoms with van der Waals surface area (Å²) in [6.45, 7) is 2.07. The normalized spacial score (nSPS) is 11.4. The number of para-hydroxylation sites is 1. The van der Waals surface area contributed by atoms with E-state index in [9.17, 15) is 0 Å². The molecule has 20 heavy (non-hydrogen) atoms. The Balaban J connectivity index is 2.19. The molecule has 0 aliphatic rings. The summed E-state index contributed by atoms with van der Waals surface area (Å²) < 4.78 is 6.70. The molecule has 2 rings (SSSR count). The summed E-state index contributed by atoms with van der Waals surface area (Å²) in [5.41, 5.74) is 2.15. The molecular formula is C15H13BrClNO2. The van der Waals surface area contributed by atoms with E-state index in [1.165, 1.54) is 0 Å². The van der Waals surface area contributed by atoms with Gasteiger partial charge in [0, 0.05) is 20.6 Å². The first-order valence-electron chi connectivity index (χ1n) is 5.96. The maximum Gasteiger partial charge on any atom is 0.128 e. The van der Waals surface area contributed by atoms with E-state index in [1.54, 1.807) is 6.92 Å². The van der Waals surface area contributed by atoms with Crippen LogP contribution in [0.4, 0.5) is 0 Å². The second-order valence-electron chi connectivity index (χ2n) is 4.21. The second-order valence-corrected chi connectivity index (χ2v) is 5.53. The average Bonchev–Trinajstić information content (AvgIpc) is 2.46. The quantitative estimate of drug-likeness (QED) is 0.483. The molecule has 0 amide bonds. The van der Waals surface area contributed by atoms with Crippen molar-refractivity contribution in [2.75, 3.05) is 0 Å². The molecule has 3 nitrogen and oxygen atoms in total. The van der Waals surface area contributed by atoms with E-state index >= 15 is 0 Å². The van der Waals surface area contributed by atoms with E-state index in [4.69, 9.17) is 21.5 Å². The maximum absolute atomic E-state index is 8.88. The van der Waals surface area contributed by atoms with Crippen molar-refractivity contribution in [3.8, 4) is 5.75 Å². The van der Waals surface area contributed by atoms with Crippen LogP contribution in [0.5, 0.6) is 5.75 Å². The third-order valence-electron chi connectivity index (χ3n) is 2.83. The van der Waals surface area contributed by atoms with Gasteiger partial charge in [-0.2, -0.15) is 0 Å². The molecule has 0 fully saturated rings. The van der Waals surface area contributed by atoms with Crippen LogP contribution in [0.2, 0.25) is 5.02 Å². The van der Waals surface area contributed by atoms with Gasteiger partial charge >= 0.3 is 0 Å². The average molecular weight is 355 g/mol. The second kappa shape index (κ2) is 6.77. The van der Waals surface area contributed by atoms with Crippen molar-refractivity contribution in [1.82, 2.24) is 0 Å². The summed E-state index contributed by atoms with van der Waals surface area (Å²) in [7, 11) is 0. The Morgan fingerprint density at radius 1 is 1.30 bits per heavy atom. The fourth-order valence-electron chi connectivity index (χ4n) is 1.74. The van der Waals surface area contributed by atoms with Crippen molar-refractivity contribution in [3.05, 3.63) is 63.1 Å². The van der Waals surface area contributed by atoms with Crippen LogP contribution < -0.4 is 4.74 Å². The summed E-state index contributed by atoms with van der Waals surface area (Å²) in [6, 6.07) is 13.0. The maximum atomic E-state index is 8.88. The van der Waals surface area contributed by atoms with Gasteiger partial charge in [-0.1, -0.05) is 50.9 Å². The SMILES string of the molecule is C/C(=N/O)c1ccccc1OCc1ccc(Br)cc1Cl. The summed E-state index contributed by atoms with van der Waals surface area (Å²) in [5, 5.41) is 12.7. The van der Waals surface area contributed by atoms with E-state index < -0.39 is 0 Å². The topological polar surface area (TPSA) is 41.8 Å². The van der Waals surface area contributed by atoms with Crippen molar-refractivity contribution in [1.29, 1.82) is 0 Å². The van der Waals surface area contributed by atoms with Gasteiger partial charge in [0.25, 0.3) is 0 Å². The van der Waals surface area contributed by atoms with E-state index in [1.807, 2.05) is 42.5 Å². The molecular weight excluding hydrogens is 342 g/mol. The number of rotatable bonds is 4. The lowest BCUT2D eigenvalue weighted by atomic mass is 10.1. The van der Waals surface area contributed by atoms with Crippen molar-refractivity contribution >= 4 is 33.2 Å². The number of oxime groups is 1. The molecule has 104 valence electrons. The molecule has 0 spiro atoms. The molecule has 0 atom stereocenters. The third-order valence-corrected chi connectivity index (χ3v) is 3.67. The molecule has 0 aromatic heterocycles. The summed E-state index contributed by atoms with van der Waals surface area (Å²) in [5.74, 6) is 0.654. The van der Waals surface area contributed by atoms with Crippen LogP contribution in [0.25, 0.3) is 0 Å². The van der Waals surface area contributed by atoms with Gasteiger partial charge in [0.15, 0.2) is 0 Å². The molecule has 0 heterocycles. The minimum absolute atomic E-state index is 0.349. The van der Waals surface area contributed by atoms with Gasteiger partial charge in [0.05, 0.1) is 5.71 Å². The van der Waals surface area contributed by atoms with E-state index in [0.717, 1.165) is 15.6 Å². The predicted molar refractivity (Wildman–Crippen MR) is 83.9 cm³/mol. The molecule has 0 aliphatic carbocycles.